The summed E-state index contributed by atoms with van der Waals surface area (Å²) in [5.74, 6) is 4.23. The van der Waals surface area contributed by atoms with E-state index in [0.717, 1.165) is 5.56 Å². The van der Waals surface area contributed by atoms with Gasteiger partial charge in [0.05, 0.1) is 32.1 Å². The molecular formula is C27H27N5O4. The molecule has 0 saturated carbocycles. The Morgan fingerprint density at radius 1 is 1.17 bits per heavy atom. The number of nitrogen functional groups attached to an aromatic ring is 2. The first kappa shape index (κ1) is 24.8. The molecule has 0 spiro atoms. The van der Waals surface area contributed by atoms with E-state index in [-0.39, 0.29) is 17.8 Å². The van der Waals surface area contributed by atoms with Crippen LogP contribution in [0.2, 0.25) is 0 Å². The molecule has 2 aromatic carbocycles. The van der Waals surface area contributed by atoms with Gasteiger partial charge in [0.15, 0.2) is 11.5 Å². The van der Waals surface area contributed by atoms with E-state index < -0.39 is 6.10 Å². The zero-order chi connectivity index (χ0) is 25.5. The first-order chi connectivity index (χ1) is 17.5. The molecule has 9 heteroatoms. The lowest BCUT2D eigenvalue weighted by atomic mass is 9.92. The predicted molar refractivity (Wildman–Crippen MR) is 136 cm³/mol. The molecule has 4 N–H and O–H groups in total. The molecule has 184 valence electrons. The van der Waals surface area contributed by atoms with Crippen molar-refractivity contribution < 1.29 is 19.0 Å². The molecule has 4 rings (SSSR count). The average Bonchev–Trinajstić information content (AvgIpc) is 2.91. The highest BCUT2D eigenvalue weighted by molar-refractivity contribution is 5.99. The number of carbonyl (C=O) groups is 1. The molecule has 1 fully saturated rings. The van der Waals surface area contributed by atoms with E-state index in [9.17, 15) is 4.79 Å². The summed E-state index contributed by atoms with van der Waals surface area (Å²) in [7, 11) is 3.11. The van der Waals surface area contributed by atoms with Crippen LogP contribution in [0.4, 0.5) is 17.5 Å². The summed E-state index contributed by atoms with van der Waals surface area (Å²) >= 11 is 0. The number of hydrogen-bond acceptors (Lipinski definition) is 8. The first-order valence-electron chi connectivity index (χ1n) is 11.3. The van der Waals surface area contributed by atoms with Crippen LogP contribution in [0, 0.1) is 24.3 Å². The largest absolute Gasteiger partial charge is 0.493 e. The number of aromatic nitrogens is 2. The van der Waals surface area contributed by atoms with Crippen LogP contribution in [-0.4, -0.2) is 42.8 Å². The molecule has 2 atom stereocenters. The molecule has 1 aliphatic rings. The van der Waals surface area contributed by atoms with Crippen LogP contribution in [0.5, 0.6) is 11.5 Å². The number of benzene rings is 2. The van der Waals surface area contributed by atoms with Gasteiger partial charge in [-0.3, -0.25) is 4.79 Å². The molecule has 3 aromatic rings. The lowest BCUT2D eigenvalue weighted by Gasteiger charge is -2.30. The number of nitrogens with two attached hydrogens (primary N) is 2. The van der Waals surface area contributed by atoms with Crippen molar-refractivity contribution in [2.45, 2.75) is 18.9 Å². The Labute approximate surface area is 210 Å². The predicted octanol–water partition coefficient (Wildman–Crippen LogP) is 2.73. The summed E-state index contributed by atoms with van der Waals surface area (Å²) < 4.78 is 16.8. The maximum atomic E-state index is 13.5. The second kappa shape index (κ2) is 11.4. The molecule has 9 nitrogen and oxygen atoms in total. The molecule has 36 heavy (non-hydrogen) atoms. The van der Waals surface area contributed by atoms with Gasteiger partial charge < -0.3 is 25.7 Å². The molecule has 1 saturated heterocycles. The molecule has 2 radical (unpaired) electrons. The molecule has 2 unspecified atom stereocenters. The molecule has 0 bridgehead atoms. The van der Waals surface area contributed by atoms with Crippen molar-refractivity contribution in [2.75, 3.05) is 37.2 Å². The zero-order valence-corrected chi connectivity index (χ0v) is 20.1. The Bertz CT molecular complexity index is 1260. The van der Waals surface area contributed by atoms with Crippen LogP contribution in [-0.2, 0) is 16.0 Å². The van der Waals surface area contributed by atoms with Crippen LogP contribution < -0.4 is 25.8 Å². The lowest BCUT2D eigenvalue weighted by molar-refractivity contribution is -0.131. The fraction of sp³-hybridized carbons (Fsp3) is 0.259. The molecule has 1 amide bonds. The highest BCUT2D eigenvalue weighted by Crippen LogP contribution is 2.30. The van der Waals surface area contributed by atoms with Crippen molar-refractivity contribution in [1.29, 1.82) is 0 Å². The van der Waals surface area contributed by atoms with E-state index in [0.29, 0.717) is 48.0 Å². The van der Waals surface area contributed by atoms with Crippen LogP contribution in [0.3, 0.4) is 0 Å². The minimum absolute atomic E-state index is 0.0547. The Morgan fingerprint density at radius 3 is 2.64 bits per heavy atom. The number of hydrogen-bond donors (Lipinski definition) is 2. The maximum Gasteiger partial charge on any atom is 0.267 e. The Hall–Kier alpha value is -4.29. The van der Waals surface area contributed by atoms with Crippen molar-refractivity contribution in [3.05, 3.63) is 72.3 Å². The van der Waals surface area contributed by atoms with Gasteiger partial charge in [0.25, 0.3) is 5.91 Å². The van der Waals surface area contributed by atoms with Gasteiger partial charge in [-0.15, -0.1) is 0 Å². The smallest absolute Gasteiger partial charge is 0.267 e. The lowest BCUT2D eigenvalue weighted by Crippen LogP contribution is -2.41. The zero-order valence-electron chi connectivity index (χ0n) is 20.1. The van der Waals surface area contributed by atoms with Crippen LogP contribution in [0.1, 0.15) is 17.5 Å². The van der Waals surface area contributed by atoms with Crippen molar-refractivity contribution in [3.8, 4) is 23.5 Å². The topological polar surface area (TPSA) is 126 Å². The fourth-order valence-electron chi connectivity index (χ4n) is 3.84. The van der Waals surface area contributed by atoms with Gasteiger partial charge in [-0.05, 0) is 55.4 Å². The fourth-order valence-corrected chi connectivity index (χ4v) is 3.84. The molecule has 1 aliphatic heterocycles. The standard InChI is InChI=1S/C27H27N5O4/c1-34-22-10-6-7-19(24(22)35-2)13-14-32(21-8-4-3-5-9-21)26(33)23-12-11-18(17-36-23)15-20-16-30-27(29)31-25(20)28/h3-10,16,18,23H,12,15,17H2,1-2H3,(H4,28,29,30,31). The average molecular weight is 486 g/mol. The van der Waals surface area contributed by atoms with E-state index in [1.807, 2.05) is 36.4 Å². The summed E-state index contributed by atoms with van der Waals surface area (Å²) in [6.45, 7) is 0.306. The number of nitrogens with zero attached hydrogens (tertiary/aromatic N) is 3. The number of amides is 1. The van der Waals surface area contributed by atoms with Crippen LogP contribution in [0.15, 0.2) is 54.7 Å². The second-order valence-electron chi connectivity index (χ2n) is 8.06. The number of methoxy groups -OCH3 is 2. The SMILES string of the molecule is COc1cccc(C#CN(C(=O)C2C[C]C(Cc3cnc(N)nc3N)CO2)c2ccccc2)c1OC. The van der Waals surface area contributed by atoms with E-state index in [2.05, 4.69) is 28.4 Å². The summed E-state index contributed by atoms with van der Waals surface area (Å²) in [4.78, 5) is 22.9. The third-order valence-electron chi connectivity index (χ3n) is 5.69. The third kappa shape index (κ3) is 5.67. The summed E-state index contributed by atoms with van der Waals surface area (Å²) in [5, 5.41) is 0. The Morgan fingerprint density at radius 2 is 1.97 bits per heavy atom. The van der Waals surface area contributed by atoms with E-state index >= 15 is 0 Å². The van der Waals surface area contributed by atoms with Gasteiger partial charge in [0.1, 0.15) is 11.9 Å². The maximum absolute atomic E-state index is 13.5. The number of carbonyl (C=O) groups excluding carboxylic acids is 1. The van der Waals surface area contributed by atoms with Crippen LogP contribution >= 0.6 is 0 Å². The van der Waals surface area contributed by atoms with Crippen molar-refractivity contribution in [1.82, 2.24) is 9.97 Å². The van der Waals surface area contributed by atoms with Gasteiger partial charge in [-0.1, -0.05) is 24.3 Å². The summed E-state index contributed by atoms with van der Waals surface area (Å²) in [5.41, 5.74) is 13.5. The van der Waals surface area contributed by atoms with Crippen molar-refractivity contribution >= 4 is 23.4 Å². The van der Waals surface area contributed by atoms with Crippen molar-refractivity contribution in [3.63, 3.8) is 0 Å². The van der Waals surface area contributed by atoms with Gasteiger partial charge in [0, 0.05) is 17.8 Å². The second-order valence-corrected chi connectivity index (χ2v) is 8.06. The molecule has 1 aromatic heterocycles. The van der Waals surface area contributed by atoms with E-state index in [4.69, 9.17) is 25.7 Å². The van der Waals surface area contributed by atoms with Gasteiger partial charge >= 0.3 is 0 Å². The van der Waals surface area contributed by atoms with Gasteiger partial charge in [0.2, 0.25) is 5.95 Å². The number of anilines is 3. The number of para-hydroxylation sites is 2. The van der Waals surface area contributed by atoms with Gasteiger partial charge in [-0.2, -0.15) is 4.98 Å². The molecular weight excluding hydrogens is 458 g/mol. The minimum Gasteiger partial charge on any atom is -0.493 e. The summed E-state index contributed by atoms with van der Waals surface area (Å²) in [6, 6.07) is 17.6. The Kier molecular flexibility index (Phi) is 7.88. The van der Waals surface area contributed by atoms with Gasteiger partial charge in [-0.25, -0.2) is 9.88 Å². The Balaban J connectivity index is 1.51. The minimum atomic E-state index is -0.719. The quantitative estimate of drug-likeness (QED) is 0.403. The highest BCUT2D eigenvalue weighted by Gasteiger charge is 2.31. The van der Waals surface area contributed by atoms with E-state index in [1.165, 1.54) is 4.90 Å². The third-order valence-corrected chi connectivity index (χ3v) is 5.69. The van der Waals surface area contributed by atoms with Crippen LogP contribution in [0.25, 0.3) is 0 Å². The molecule has 0 aliphatic carbocycles. The van der Waals surface area contributed by atoms with E-state index in [1.54, 1.807) is 32.5 Å². The van der Waals surface area contributed by atoms with Crippen molar-refractivity contribution in [2.24, 2.45) is 5.92 Å². The first-order valence-corrected chi connectivity index (χ1v) is 11.3. The summed E-state index contributed by atoms with van der Waals surface area (Å²) in [6.07, 6.45) is 5.10. The monoisotopic (exact) mass is 485 g/mol. The number of rotatable bonds is 6. The normalized spacial score (nSPS) is 16.9. The molecule has 2 heterocycles. The highest BCUT2D eigenvalue weighted by atomic mass is 16.5. The number of ether oxygens (including phenoxy) is 3.